The van der Waals surface area contributed by atoms with Crippen molar-refractivity contribution in [2.45, 2.75) is 29.9 Å². The molecule has 1 spiro atoms. The number of hydrogen-bond acceptors (Lipinski definition) is 4. The highest BCUT2D eigenvalue weighted by molar-refractivity contribution is 7.90. The summed E-state index contributed by atoms with van der Waals surface area (Å²) in [7, 11) is -1.90. The number of likely N-dealkylation sites (tertiary alicyclic amines) is 1. The molecule has 3 saturated heterocycles. The van der Waals surface area contributed by atoms with Gasteiger partial charge in [-0.2, -0.15) is 4.31 Å². The molecule has 3 heterocycles. The van der Waals surface area contributed by atoms with E-state index in [1.807, 2.05) is 12.1 Å². The number of hydrogen-bond donors (Lipinski definition) is 1. The van der Waals surface area contributed by atoms with Gasteiger partial charge in [-0.3, -0.25) is 0 Å². The highest BCUT2D eigenvalue weighted by Crippen LogP contribution is 2.46. The number of amides is 2. The first-order chi connectivity index (χ1) is 11.8. The van der Waals surface area contributed by atoms with E-state index >= 15 is 0 Å². The zero-order valence-corrected chi connectivity index (χ0v) is 15.4. The fourth-order valence-corrected chi connectivity index (χ4v) is 6.62. The van der Waals surface area contributed by atoms with Crippen LogP contribution >= 0.6 is 11.6 Å². The van der Waals surface area contributed by atoms with Gasteiger partial charge >= 0.3 is 6.03 Å². The monoisotopic (exact) mass is 385 g/mol. The van der Waals surface area contributed by atoms with Gasteiger partial charge in [0.2, 0.25) is 10.0 Å². The lowest BCUT2D eigenvalue weighted by Crippen LogP contribution is -2.58. The number of morpholine rings is 1. The number of rotatable bonds is 2. The van der Waals surface area contributed by atoms with Gasteiger partial charge in [0.05, 0.1) is 12.6 Å². The maximum atomic E-state index is 13.0. The van der Waals surface area contributed by atoms with Crippen LogP contribution in [0.1, 0.15) is 12.0 Å². The van der Waals surface area contributed by atoms with E-state index in [2.05, 4.69) is 5.32 Å². The standard InChI is InChI=1S/C16H20ClN3O4S/c1-18-15(21)19-8-13-6-14-16(9-19,24-13)10-20(25(14,22)23)7-11-2-4-12(17)5-3-11/h2-5,13-14H,6-10H2,1H3,(H,18,21)/t13-,14+,16+/m1/s1. The van der Waals surface area contributed by atoms with Crippen LogP contribution in [-0.4, -0.2) is 67.3 Å². The Morgan fingerprint density at radius 2 is 2.08 bits per heavy atom. The van der Waals surface area contributed by atoms with Gasteiger partial charge in [0, 0.05) is 31.7 Å². The molecule has 1 N–H and O–H groups in total. The van der Waals surface area contributed by atoms with E-state index in [-0.39, 0.29) is 25.2 Å². The Kier molecular flexibility index (Phi) is 3.99. The van der Waals surface area contributed by atoms with Crippen LogP contribution in [0.5, 0.6) is 0 Å². The van der Waals surface area contributed by atoms with Crippen LogP contribution in [0.15, 0.2) is 24.3 Å². The Morgan fingerprint density at radius 1 is 1.36 bits per heavy atom. The zero-order valence-electron chi connectivity index (χ0n) is 13.8. The summed E-state index contributed by atoms with van der Waals surface area (Å²) in [6.45, 7) is 1.28. The average molecular weight is 386 g/mol. The summed E-state index contributed by atoms with van der Waals surface area (Å²) in [6, 6.07) is 6.95. The molecule has 7 nitrogen and oxygen atoms in total. The largest absolute Gasteiger partial charge is 0.365 e. The van der Waals surface area contributed by atoms with Crippen molar-refractivity contribution in [3.63, 3.8) is 0 Å². The van der Waals surface area contributed by atoms with Crippen LogP contribution in [0.4, 0.5) is 4.79 Å². The van der Waals surface area contributed by atoms with E-state index in [0.717, 1.165) is 5.56 Å². The van der Waals surface area contributed by atoms with E-state index in [9.17, 15) is 13.2 Å². The van der Waals surface area contributed by atoms with Crippen molar-refractivity contribution in [1.82, 2.24) is 14.5 Å². The number of halogens is 1. The van der Waals surface area contributed by atoms with Crippen molar-refractivity contribution in [3.8, 4) is 0 Å². The normalized spacial score (nSPS) is 33.3. The third kappa shape index (κ3) is 2.71. The van der Waals surface area contributed by atoms with E-state index in [4.69, 9.17) is 16.3 Å². The predicted molar refractivity (Wildman–Crippen MR) is 92.8 cm³/mol. The molecule has 3 atom stereocenters. The molecule has 136 valence electrons. The van der Waals surface area contributed by atoms with Crippen molar-refractivity contribution in [2.75, 3.05) is 26.7 Å². The second-order valence-electron chi connectivity index (χ2n) is 6.90. The Morgan fingerprint density at radius 3 is 2.76 bits per heavy atom. The lowest BCUT2D eigenvalue weighted by molar-refractivity contribution is -0.0956. The lowest BCUT2D eigenvalue weighted by Gasteiger charge is -2.39. The fraction of sp³-hybridized carbons (Fsp3) is 0.562. The lowest BCUT2D eigenvalue weighted by atomic mass is 9.99. The number of nitrogens with one attached hydrogen (secondary N) is 1. The first-order valence-corrected chi connectivity index (χ1v) is 10.1. The van der Waals surface area contributed by atoms with E-state index < -0.39 is 20.9 Å². The molecule has 2 amide bonds. The molecule has 1 aromatic carbocycles. The molecule has 9 heteroatoms. The number of carbonyl (C=O) groups is 1. The van der Waals surface area contributed by atoms with Crippen molar-refractivity contribution in [1.29, 1.82) is 0 Å². The van der Waals surface area contributed by atoms with Crippen LogP contribution in [0.25, 0.3) is 0 Å². The summed E-state index contributed by atoms with van der Waals surface area (Å²) in [5.74, 6) is 0. The maximum Gasteiger partial charge on any atom is 0.317 e. The molecule has 0 aliphatic carbocycles. The number of benzene rings is 1. The number of carbonyl (C=O) groups excluding carboxylic acids is 1. The number of nitrogens with zero attached hydrogens (tertiary/aromatic N) is 2. The highest BCUT2D eigenvalue weighted by Gasteiger charge is 2.65. The summed E-state index contributed by atoms with van der Waals surface area (Å²) in [5.41, 5.74) is 0.0422. The minimum Gasteiger partial charge on any atom is -0.365 e. The van der Waals surface area contributed by atoms with E-state index in [1.165, 1.54) is 4.31 Å². The minimum absolute atomic E-state index is 0.193. The molecular weight excluding hydrogens is 366 g/mol. The number of sulfonamides is 1. The van der Waals surface area contributed by atoms with Crippen LogP contribution in [-0.2, 0) is 21.3 Å². The molecule has 4 rings (SSSR count). The van der Waals surface area contributed by atoms with Gasteiger partial charge in [0.1, 0.15) is 10.9 Å². The quantitative estimate of drug-likeness (QED) is 0.824. The van der Waals surface area contributed by atoms with E-state index in [1.54, 1.807) is 24.1 Å². The summed E-state index contributed by atoms with van der Waals surface area (Å²) in [4.78, 5) is 13.7. The minimum atomic E-state index is -3.48. The number of fused-ring (bicyclic) bond motifs is 1. The molecule has 0 radical (unpaired) electrons. The van der Waals surface area contributed by atoms with Gasteiger partial charge in [-0.25, -0.2) is 13.2 Å². The van der Waals surface area contributed by atoms with Crippen LogP contribution < -0.4 is 5.32 Å². The van der Waals surface area contributed by atoms with Crippen molar-refractivity contribution in [3.05, 3.63) is 34.9 Å². The van der Waals surface area contributed by atoms with Gasteiger partial charge in [-0.15, -0.1) is 0 Å². The zero-order chi connectivity index (χ0) is 17.8. The molecule has 3 aliphatic heterocycles. The van der Waals surface area contributed by atoms with Crippen molar-refractivity contribution in [2.24, 2.45) is 0 Å². The second-order valence-corrected chi connectivity index (χ2v) is 9.46. The Bertz CT molecular complexity index is 800. The van der Waals surface area contributed by atoms with Gasteiger partial charge < -0.3 is 15.0 Å². The van der Waals surface area contributed by atoms with Gasteiger partial charge in [-0.05, 0) is 24.1 Å². The van der Waals surface area contributed by atoms with Crippen molar-refractivity contribution >= 4 is 27.7 Å². The summed E-state index contributed by atoms with van der Waals surface area (Å²) in [5, 5.41) is 2.64. The van der Waals surface area contributed by atoms with Gasteiger partial charge in [-0.1, -0.05) is 23.7 Å². The summed E-state index contributed by atoms with van der Waals surface area (Å²) < 4.78 is 33.6. The topological polar surface area (TPSA) is 79.0 Å². The molecule has 1 aromatic rings. The molecule has 0 saturated carbocycles. The number of urea groups is 1. The third-order valence-corrected chi connectivity index (χ3v) is 7.86. The average Bonchev–Trinajstić information content (AvgIpc) is 2.95. The predicted octanol–water partition coefficient (Wildman–Crippen LogP) is 1.04. The number of ether oxygens (including phenoxy) is 1. The van der Waals surface area contributed by atoms with Crippen molar-refractivity contribution < 1.29 is 17.9 Å². The summed E-state index contributed by atoms with van der Waals surface area (Å²) in [6.07, 6.45) is 0.218. The van der Waals surface area contributed by atoms with Crippen LogP contribution in [0.2, 0.25) is 5.02 Å². The summed E-state index contributed by atoms with van der Waals surface area (Å²) >= 11 is 5.89. The Balaban J connectivity index is 1.60. The van der Waals surface area contributed by atoms with Gasteiger partial charge in [0.15, 0.2) is 0 Å². The molecule has 3 aliphatic rings. The maximum absolute atomic E-state index is 13.0. The first kappa shape index (κ1) is 17.1. The van der Waals surface area contributed by atoms with Crippen LogP contribution in [0, 0.1) is 0 Å². The molecule has 0 aromatic heterocycles. The molecular formula is C16H20ClN3O4S. The third-order valence-electron chi connectivity index (χ3n) is 5.28. The molecule has 2 bridgehead atoms. The molecule has 25 heavy (non-hydrogen) atoms. The highest BCUT2D eigenvalue weighted by atomic mass is 35.5. The van der Waals surface area contributed by atoms with Gasteiger partial charge in [0.25, 0.3) is 0 Å². The van der Waals surface area contributed by atoms with E-state index in [0.29, 0.717) is 24.5 Å². The van der Waals surface area contributed by atoms with Crippen LogP contribution in [0.3, 0.4) is 0 Å². The smallest absolute Gasteiger partial charge is 0.317 e. The molecule has 3 fully saturated rings. The Hall–Kier alpha value is -1.35. The molecule has 0 unspecified atom stereocenters. The first-order valence-electron chi connectivity index (χ1n) is 8.22. The Labute approximate surface area is 151 Å². The fourth-order valence-electron chi connectivity index (χ4n) is 4.20. The second kappa shape index (κ2) is 5.84. The SMILES string of the molecule is CNC(=O)N1C[C@H]2C[C@H]3[C@](C1)(CN(Cc1ccc(Cl)cc1)S3(=O)=O)O2.